The number of hydrogen-bond acceptors (Lipinski definition) is 3. The van der Waals surface area contributed by atoms with Gasteiger partial charge in [0, 0.05) is 11.7 Å². The highest BCUT2D eigenvalue weighted by molar-refractivity contribution is 5.84. The topological polar surface area (TPSA) is 64.3 Å². The van der Waals surface area contributed by atoms with Gasteiger partial charge in [0.05, 0.1) is 0 Å². The van der Waals surface area contributed by atoms with Gasteiger partial charge in [-0.2, -0.15) is 0 Å². The normalized spacial score (nSPS) is 23.4. The third-order valence-corrected chi connectivity index (χ3v) is 3.01. The Hall–Kier alpha value is -1.62. The summed E-state index contributed by atoms with van der Waals surface area (Å²) in [5, 5.41) is 2.50. The summed E-state index contributed by atoms with van der Waals surface area (Å²) in [7, 11) is 0. The molecule has 0 aliphatic heterocycles. The molecule has 3 N–H and O–H groups in total. The van der Waals surface area contributed by atoms with Crippen molar-refractivity contribution in [1.82, 2.24) is 0 Å². The van der Waals surface area contributed by atoms with Crippen LogP contribution in [0.5, 0.6) is 0 Å². The summed E-state index contributed by atoms with van der Waals surface area (Å²) in [4.78, 5) is 11.6. The number of ether oxygens (including phenoxy) is 1. The summed E-state index contributed by atoms with van der Waals surface area (Å²) in [6.07, 6.45) is 2.78. The Morgan fingerprint density at radius 1 is 1.44 bits per heavy atom. The van der Waals surface area contributed by atoms with Crippen molar-refractivity contribution in [3.05, 3.63) is 30.1 Å². The molecule has 1 amide bonds. The number of nitrogens with one attached hydrogen (secondary N) is 1. The van der Waals surface area contributed by atoms with E-state index in [2.05, 4.69) is 5.32 Å². The van der Waals surface area contributed by atoms with E-state index in [4.69, 9.17) is 10.5 Å². The van der Waals surface area contributed by atoms with Crippen molar-refractivity contribution in [2.75, 3.05) is 5.32 Å². The first kappa shape index (κ1) is 12.8. The lowest BCUT2D eigenvalue weighted by Crippen LogP contribution is -2.34. The molecule has 1 aromatic rings. The van der Waals surface area contributed by atoms with Gasteiger partial charge in [0.2, 0.25) is 0 Å². The maximum atomic E-state index is 12.9. The summed E-state index contributed by atoms with van der Waals surface area (Å²) in [6.45, 7) is 0. The SMILES string of the molecule is NC1CCCC(OC(=O)Nc2cccc(F)c2)C1. The van der Waals surface area contributed by atoms with Crippen LogP contribution in [0.25, 0.3) is 0 Å². The van der Waals surface area contributed by atoms with E-state index >= 15 is 0 Å². The molecule has 98 valence electrons. The minimum atomic E-state index is -0.556. The molecule has 1 saturated carbocycles. The highest BCUT2D eigenvalue weighted by Crippen LogP contribution is 2.20. The summed E-state index contributed by atoms with van der Waals surface area (Å²) >= 11 is 0. The average molecular weight is 252 g/mol. The Labute approximate surface area is 105 Å². The van der Waals surface area contributed by atoms with Crippen molar-refractivity contribution in [2.45, 2.75) is 37.8 Å². The van der Waals surface area contributed by atoms with E-state index in [0.29, 0.717) is 12.1 Å². The molecule has 1 fully saturated rings. The number of nitrogens with two attached hydrogens (primary N) is 1. The smallest absolute Gasteiger partial charge is 0.411 e. The summed E-state index contributed by atoms with van der Waals surface area (Å²) < 4.78 is 18.2. The standard InChI is InChI=1S/C13H17FN2O2/c14-9-3-1-5-11(7-9)16-13(17)18-12-6-2-4-10(15)8-12/h1,3,5,7,10,12H,2,4,6,8,15H2,(H,16,17). The molecule has 0 saturated heterocycles. The van der Waals surface area contributed by atoms with Crippen LogP contribution in [0.1, 0.15) is 25.7 Å². The predicted octanol–water partition coefficient (Wildman–Crippen LogP) is 2.64. The van der Waals surface area contributed by atoms with Crippen molar-refractivity contribution in [3.63, 3.8) is 0 Å². The fourth-order valence-corrected chi connectivity index (χ4v) is 2.15. The number of hydrogen-bond donors (Lipinski definition) is 2. The zero-order chi connectivity index (χ0) is 13.0. The molecule has 0 bridgehead atoms. The Morgan fingerprint density at radius 3 is 3.00 bits per heavy atom. The summed E-state index contributed by atoms with van der Waals surface area (Å²) in [5.41, 5.74) is 6.20. The third kappa shape index (κ3) is 3.70. The van der Waals surface area contributed by atoms with Crippen LogP contribution in [0.15, 0.2) is 24.3 Å². The molecule has 2 rings (SSSR count). The fourth-order valence-electron chi connectivity index (χ4n) is 2.15. The van der Waals surface area contributed by atoms with Gasteiger partial charge in [0.25, 0.3) is 0 Å². The first-order valence-corrected chi connectivity index (χ1v) is 6.12. The first-order chi connectivity index (χ1) is 8.63. The van der Waals surface area contributed by atoms with Crippen molar-refractivity contribution in [3.8, 4) is 0 Å². The van der Waals surface area contributed by atoms with Crippen molar-refractivity contribution in [1.29, 1.82) is 0 Å². The van der Waals surface area contributed by atoms with Crippen LogP contribution in [0, 0.1) is 5.82 Å². The highest BCUT2D eigenvalue weighted by atomic mass is 19.1. The molecular weight excluding hydrogens is 235 g/mol. The van der Waals surface area contributed by atoms with Gasteiger partial charge in [-0.1, -0.05) is 6.07 Å². The second kappa shape index (κ2) is 5.82. The number of anilines is 1. The minimum absolute atomic E-state index is 0.103. The van der Waals surface area contributed by atoms with Crippen LogP contribution in [-0.2, 0) is 4.74 Å². The van der Waals surface area contributed by atoms with E-state index in [9.17, 15) is 9.18 Å². The number of rotatable bonds is 2. The number of benzene rings is 1. The van der Waals surface area contributed by atoms with Gasteiger partial charge in [0.1, 0.15) is 11.9 Å². The Bertz CT molecular complexity index is 425. The molecule has 0 aromatic heterocycles. The molecule has 2 atom stereocenters. The molecule has 0 radical (unpaired) electrons. The first-order valence-electron chi connectivity index (χ1n) is 6.12. The lowest BCUT2D eigenvalue weighted by molar-refractivity contribution is 0.0811. The van der Waals surface area contributed by atoms with Crippen molar-refractivity contribution < 1.29 is 13.9 Å². The van der Waals surface area contributed by atoms with Gasteiger partial charge in [-0.15, -0.1) is 0 Å². The van der Waals surface area contributed by atoms with Gasteiger partial charge < -0.3 is 10.5 Å². The molecule has 0 spiro atoms. The van der Waals surface area contributed by atoms with E-state index in [1.54, 1.807) is 6.07 Å². The summed E-state index contributed by atoms with van der Waals surface area (Å²) in [5.74, 6) is -0.396. The number of halogens is 1. The maximum Gasteiger partial charge on any atom is 0.411 e. The highest BCUT2D eigenvalue weighted by Gasteiger charge is 2.22. The lowest BCUT2D eigenvalue weighted by atomic mass is 9.94. The van der Waals surface area contributed by atoms with Crippen LogP contribution in [0.4, 0.5) is 14.9 Å². The molecule has 2 unspecified atom stereocenters. The molecular formula is C13H17FN2O2. The van der Waals surface area contributed by atoms with Gasteiger partial charge >= 0.3 is 6.09 Å². The van der Waals surface area contributed by atoms with Crippen molar-refractivity contribution >= 4 is 11.8 Å². The number of carbonyl (C=O) groups is 1. The van der Waals surface area contributed by atoms with Crippen LogP contribution in [-0.4, -0.2) is 18.2 Å². The molecule has 4 nitrogen and oxygen atoms in total. The van der Waals surface area contributed by atoms with E-state index in [1.165, 1.54) is 18.2 Å². The predicted molar refractivity (Wildman–Crippen MR) is 66.7 cm³/mol. The monoisotopic (exact) mass is 252 g/mol. The minimum Gasteiger partial charge on any atom is -0.446 e. The Kier molecular flexibility index (Phi) is 4.15. The zero-order valence-corrected chi connectivity index (χ0v) is 10.1. The molecule has 1 aliphatic rings. The largest absolute Gasteiger partial charge is 0.446 e. The van der Waals surface area contributed by atoms with Crippen LogP contribution >= 0.6 is 0 Å². The fraction of sp³-hybridized carbons (Fsp3) is 0.462. The Balaban J connectivity index is 1.85. The second-order valence-corrected chi connectivity index (χ2v) is 4.59. The average Bonchev–Trinajstić information content (AvgIpc) is 2.28. The second-order valence-electron chi connectivity index (χ2n) is 4.59. The van der Waals surface area contributed by atoms with Crippen LogP contribution in [0.3, 0.4) is 0 Å². The number of amides is 1. The summed E-state index contributed by atoms with van der Waals surface area (Å²) in [6, 6.07) is 5.80. The van der Waals surface area contributed by atoms with Crippen molar-refractivity contribution in [2.24, 2.45) is 5.73 Å². The Morgan fingerprint density at radius 2 is 2.28 bits per heavy atom. The van der Waals surface area contributed by atoms with Gasteiger partial charge in [-0.25, -0.2) is 9.18 Å². The maximum absolute atomic E-state index is 12.9. The van der Waals surface area contributed by atoms with E-state index in [1.807, 2.05) is 0 Å². The number of carbonyl (C=O) groups excluding carboxylic acids is 1. The molecule has 5 heteroatoms. The molecule has 0 heterocycles. The molecule has 18 heavy (non-hydrogen) atoms. The van der Waals surface area contributed by atoms with E-state index in [-0.39, 0.29) is 12.1 Å². The van der Waals surface area contributed by atoms with Gasteiger partial charge in [-0.3, -0.25) is 5.32 Å². The van der Waals surface area contributed by atoms with Crippen LogP contribution < -0.4 is 11.1 Å². The molecule has 1 aromatic carbocycles. The third-order valence-electron chi connectivity index (χ3n) is 3.01. The zero-order valence-electron chi connectivity index (χ0n) is 10.1. The van der Waals surface area contributed by atoms with E-state index in [0.717, 1.165) is 19.3 Å². The lowest BCUT2D eigenvalue weighted by Gasteiger charge is -2.26. The quantitative estimate of drug-likeness (QED) is 0.850. The van der Waals surface area contributed by atoms with Gasteiger partial charge in [-0.05, 0) is 43.9 Å². The van der Waals surface area contributed by atoms with E-state index < -0.39 is 11.9 Å². The van der Waals surface area contributed by atoms with Crippen LogP contribution in [0.2, 0.25) is 0 Å². The van der Waals surface area contributed by atoms with Gasteiger partial charge in [0.15, 0.2) is 0 Å². The molecule has 1 aliphatic carbocycles.